The van der Waals surface area contributed by atoms with Gasteiger partial charge >= 0.3 is 0 Å². The van der Waals surface area contributed by atoms with Gasteiger partial charge in [0.25, 0.3) is 15.9 Å². The van der Waals surface area contributed by atoms with Gasteiger partial charge in [-0.2, -0.15) is 0 Å². The van der Waals surface area contributed by atoms with Crippen molar-refractivity contribution in [1.82, 2.24) is 10.3 Å². The molecule has 140 valence electrons. The van der Waals surface area contributed by atoms with Crippen LogP contribution in [0.25, 0.3) is 10.8 Å². The Hall–Kier alpha value is -2.61. The molecule has 0 radical (unpaired) electrons. The predicted molar refractivity (Wildman–Crippen MR) is 104 cm³/mol. The van der Waals surface area contributed by atoms with E-state index in [9.17, 15) is 13.2 Å². The summed E-state index contributed by atoms with van der Waals surface area (Å²) < 4.78 is 30.0. The van der Waals surface area contributed by atoms with Gasteiger partial charge in [-0.1, -0.05) is 48.0 Å². The molecule has 0 heterocycles. The Morgan fingerprint density at radius 2 is 1.74 bits per heavy atom. The zero-order valence-electron chi connectivity index (χ0n) is 14.3. The number of hydrazine groups is 1. The zero-order chi connectivity index (χ0) is 19.4. The lowest BCUT2D eigenvalue weighted by Gasteiger charge is -2.15. The zero-order valence-corrected chi connectivity index (χ0v) is 15.9. The van der Waals surface area contributed by atoms with Crippen molar-refractivity contribution in [2.24, 2.45) is 0 Å². The van der Waals surface area contributed by atoms with Crippen LogP contribution in [-0.4, -0.2) is 20.4 Å². The Bertz CT molecular complexity index is 1090. The van der Waals surface area contributed by atoms with Crippen LogP contribution in [-0.2, 0) is 14.8 Å². The molecule has 0 fully saturated rings. The van der Waals surface area contributed by atoms with E-state index in [4.69, 9.17) is 16.3 Å². The quantitative estimate of drug-likeness (QED) is 0.617. The standard InChI is InChI=1S/C19H17ClN2O4S/c1-13(26-17-10-9-14-5-2-3-6-15(14)11-17)19(23)21-22-27(24,25)18-8-4-7-16(20)12-18/h2-13,22H,1H3,(H,21,23). The molecule has 0 saturated carbocycles. The van der Waals surface area contributed by atoms with E-state index in [1.807, 2.05) is 41.2 Å². The number of amides is 1. The number of carbonyl (C=O) groups excluding carboxylic acids is 1. The first-order valence-electron chi connectivity index (χ1n) is 8.08. The van der Waals surface area contributed by atoms with E-state index < -0.39 is 22.0 Å². The highest BCUT2D eigenvalue weighted by molar-refractivity contribution is 7.89. The van der Waals surface area contributed by atoms with Gasteiger partial charge in [0.1, 0.15) is 5.75 Å². The molecule has 3 aromatic carbocycles. The SMILES string of the molecule is CC(Oc1ccc2ccccc2c1)C(=O)NNS(=O)(=O)c1cccc(Cl)c1. The highest BCUT2D eigenvalue weighted by Crippen LogP contribution is 2.21. The number of ether oxygens (including phenoxy) is 1. The van der Waals surface area contributed by atoms with E-state index in [1.165, 1.54) is 25.1 Å². The van der Waals surface area contributed by atoms with Gasteiger partial charge < -0.3 is 4.74 Å². The first-order chi connectivity index (χ1) is 12.8. The topological polar surface area (TPSA) is 84.5 Å². The Morgan fingerprint density at radius 3 is 2.48 bits per heavy atom. The monoisotopic (exact) mass is 404 g/mol. The Labute approximate surface area is 162 Å². The van der Waals surface area contributed by atoms with Crippen LogP contribution in [0.4, 0.5) is 0 Å². The molecular formula is C19H17ClN2O4S. The molecule has 2 N–H and O–H groups in total. The minimum absolute atomic E-state index is 0.0570. The van der Waals surface area contributed by atoms with Crippen LogP contribution in [0.15, 0.2) is 71.6 Å². The summed E-state index contributed by atoms with van der Waals surface area (Å²) in [5.74, 6) is -0.122. The molecule has 0 saturated heterocycles. The molecule has 0 aliphatic carbocycles. The summed E-state index contributed by atoms with van der Waals surface area (Å²) in [6, 6.07) is 18.9. The average molecular weight is 405 g/mol. The summed E-state index contributed by atoms with van der Waals surface area (Å²) in [5, 5.41) is 2.30. The summed E-state index contributed by atoms with van der Waals surface area (Å²) in [7, 11) is -3.93. The maximum Gasteiger partial charge on any atom is 0.275 e. The number of halogens is 1. The van der Waals surface area contributed by atoms with Crippen LogP contribution < -0.4 is 15.0 Å². The normalized spacial score (nSPS) is 12.5. The molecule has 0 bridgehead atoms. The molecule has 27 heavy (non-hydrogen) atoms. The molecule has 1 unspecified atom stereocenters. The number of sulfonamides is 1. The molecule has 1 atom stereocenters. The van der Waals surface area contributed by atoms with Gasteiger partial charge in [-0.05, 0) is 48.0 Å². The largest absolute Gasteiger partial charge is 0.481 e. The van der Waals surface area contributed by atoms with E-state index in [0.29, 0.717) is 5.75 Å². The van der Waals surface area contributed by atoms with Crippen molar-refractivity contribution in [3.8, 4) is 5.75 Å². The third kappa shape index (κ3) is 4.77. The van der Waals surface area contributed by atoms with E-state index >= 15 is 0 Å². The maximum atomic E-state index is 12.2. The lowest BCUT2D eigenvalue weighted by Crippen LogP contribution is -2.47. The lowest BCUT2D eigenvalue weighted by atomic mass is 10.1. The first kappa shape index (κ1) is 19.2. The van der Waals surface area contributed by atoms with Gasteiger partial charge in [0.05, 0.1) is 4.90 Å². The van der Waals surface area contributed by atoms with Crippen LogP contribution in [0.1, 0.15) is 6.92 Å². The molecule has 0 aromatic heterocycles. The molecule has 8 heteroatoms. The summed E-state index contributed by atoms with van der Waals surface area (Å²) in [6.45, 7) is 1.53. The van der Waals surface area contributed by atoms with E-state index in [2.05, 4.69) is 5.43 Å². The molecule has 1 amide bonds. The van der Waals surface area contributed by atoms with Gasteiger partial charge in [-0.15, -0.1) is 4.83 Å². The number of hydrogen-bond acceptors (Lipinski definition) is 4. The maximum absolute atomic E-state index is 12.2. The molecule has 0 aliphatic rings. The van der Waals surface area contributed by atoms with Crippen LogP contribution in [0.2, 0.25) is 5.02 Å². The number of benzene rings is 3. The van der Waals surface area contributed by atoms with Crippen molar-refractivity contribution < 1.29 is 17.9 Å². The molecule has 3 rings (SSSR count). The minimum Gasteiger partial charge on any atom is -0.481 e. The van der Waals surface area contributed by atoms with Gasteiger partial charge in [-0.3, -0.25) is 10.2 Å². The fourth-order valence-corrected chi connectivity index (χ4v) is 3.56. The lowest BCUT2D eigenvalue weighted by molar-refractivity contribution is -0.127. The van der Waals surface area contributed by atoms with Crippen molar-refractivity contribution in [1.29, 1.82) is 0 Å². The third-order valence-electron chi connectivity index (χ3n) is 3.82. The smallest absolute Gasteiger partial charge is 0.275 e. The molecule has 3 aromatic rings. The predicted octanol–water partition coefficient (Wildman–Crippen LogP) is 3.27. The fraction of sp³-hybridized carbons (Fsp3) is 0.105. The summed E-state index contributed by atoms with van der Waals surface area (Å²) in [6.07, 6.45) is -0.909. The van der Waals surface area contributed by atoms with E-state index in [-0.39, 0.29) is 9.92 Å². The number of carbonyl (C=O) groups is 1. The Balaban J connectivity index is 1.63. The summed E-state index contributed by atoms with van der Waals surface area (Å²) in [5.41, 5.74) is 2.15. The van der Waals surface area contributed by atoms with E-state index in [0.717, 1.165) is 10.8 Å². The molecule has 0 aliphatic heterocycles. The second kappa shape index (κ2) is 7.96. The number of fused-ring (bicyclic) bond motifs is 1. The molecule has 0 spiro atoms. The van der Waals surface area contributed by atoms with Crippen molar-refractivity contribution >= 4 is 38.3 Å². The van der Waals surface area contributed by atoms with Crippen LogP contribution in [0, 0.1) is 0 Å². The molecule has 6 nitrogen and oxygen atoms in total. The van der Waals surface area contributed by atoms with E-state index in [1.54, 1.807) is 12.1 Å². The second-order valence-electron chi connectivity index (χ2n) is 5.82. The summed E-state index contributed by atoms with van der Waals surface area (Å²) in [4.78, 5) is 14.1. The number of rotatable bonds is 6. The van der Waals surface area contributed by atoms with Gasteiger partial charge in [0, 0.05) is 5.02 Å². The van der Waals surface area contributed by atoms with Crippen LogP contribution in [0.3, 0.4) is 0 Å². The molecular weight excluding hydrogens is 388 g/mol. The minimum atomic E-state index is -3.93. The number of hydrogen-bond donors (Lipinski definition) is 2. The van der Waals surface area contributed by atoms with Gasteiger partial charge in [0.2, 0.25) is 0 Å². The van der Waals surface area contributed by atoms with Crippen molar-refractivity contribution in [3.05, 3.63) is 71.8 Å². The van der Waals surface area contributed by atoms with Crippen LogP contribution >= 0.6 is 11.6 Å². The van der Waals surface area contributed by atoms with Gasteiger partial charge in [0.15, 0.2) is 6.10 Å². The Morgan fingerprint density at radius 1 is 1.00 bits per heavy atom. The highest BCUT2D eigenvalue weighted by Gasteiger charge is 2.19. The van der Waals surface area contributed by atoms with Crippen molar-refractivity contribution in [2.45, 2.75) is 17.9 Å². The Kier molecular flexibility index (Phi) is 5.65. The second-order valence-corrected chi connectivity index (χ2v) is 7.94. The highest BCUT2D eigenvalue weighted by atomic mass is 35.5. The average Bonchev–Trinajstić information content (AvgIpc) is 2.66. The van der Waals surface area contributed by atoms with Gasteiger partial charge in [-0.25, -0.2) is 8.42 Å². The fourth-order valence-electron chi connectivity index (χ4n) is 2.41. The van der Waals surface area contributed by atoms with Crippen molar-refractivity contribution in [2.75, 3.05) is 0 Å². The van der Waals surface area contributed by atoms with Crippen molar-refractivity contribution in [3.63, 3.8) is 0 Å². The first-order valence-corrected chi connectivity index (χ1v) is 9.94. The summed E-state index contributed by atoms with van der Waals surface area (Å²) >= 11 is 5.80. The number of nitrogens with one attached hydrogen (secondary N) is 2. The third-order valence-corrected chi connectivity index (χ3v) is 5.30. The van der Waals surface area contributed by atoms with Crippen LogP contribution in [0.5, 0.6) is 5.75 Å².